The summed E-state index contributed by atoms with van der Waals surface area (Å²) < 4.78 is 0. The van der Waals surface area contributed by atoms with Crippen LogP contribution in [0.2, 0.25) is 0 Å². The molecule has 0 aliphatic heterocycles. The summed E-state index contributed by atoms with van der Waals surface area (Å²) in [6.45, 7) is 4.06. The summed E-state index contributed by atoms with van der Waals surface area (Å²) in [6, 6.07) is 10.1. The SMILES string of the molecule is CCSc1ccc(-c2nc(C)cc(NN)n2)cc1. The van der Waals surface area contributed by atoms with E-state index in [1.54, 1.807) is 0 Å². The average Bonchev–Trinajstić information content (AvgIpc) is 2.39. The van der Waals surface area contributed by atoms with Gasteiger partial charge in [-0.15, -0.1) is 11.8 Å². The Morgan fingerprint density at radius 3 is 2.56 bits per heavy atom. The Hall–Kier alpha value is -1.59. The molecule has 0 saturated heterocycles. The number of aromatic nitrogens is 2. The van der Waals surface area contributed by atoms with Crippen LogP contribution in [0.25, 0.3) is 11.4 Å². The fraction of sp³-hybridized carbons (Fsp3) is 0.231. The number of rotatable bonds is 4. The molecule has 2 rings (SSSR count). The number of hydrogen-bond acceptors (Lipinski definition) is 5. The van der Waals surface area contributed by atoms with Gasteiger partial charge < -0.3 is 5.43 Å². The first kappa shape index (κ1) is 12.9. The van der Waals surface area contributed by atoms with Crippen LogP contribution in [0.15, 0.2) is 35.2 Å². The molecule has 1 aromatic heterocycles. The van der Waals surface area contributed by atoms with Gasteiger partial charge in [-0.1, -0.05) is 19.1 Å². The predicted molar refractivity (Wildman–Crippen MR) is 76.4 cm³/mol. The van der Waals surface area contributed by atoms with Crippen molar-refractivity contribution < 1.29 is 0 Å². The molecule has 1 aromatic carbocycles. The van der Waals surface area contributed by atoms with Gasteiger partial charge in [0.05, 0.1) is 0 Å². The van der Waals surface area contributed by atoms with Gasteiger partial charge in [-0.2, -0.15) is 0 Å². The minimum absolute atomic E-state index is 0.629. The zero-order chi connectivity index (χ0) is 13.0. The van der Waals surface area contributed by atoms with Gasteiger partial charge in [0.15, 0.2) is 5.82 Å². The Morgan fingerprint density at radius 2 is 1.94 bits per heavy atom. The van der Waals surface area contributed by atoms with Crippen LogP contribution in [0.3, 0.4) is 0 Å². The molecule has 0 bridgehead atoms. The van der Waals surface area contributed by atoms with E-state index in [2.05, 4.69) is 34.5 Å². The van der Waals surface area contributed by atoms with Crippen molar-refractivity contribution >= 4 is 17.6 Å². The van der Waals surface area contributed by atoms with Crippen LogP contribution in [0, 0.1) is 6.92 Å². The molecular formula is C13H16N4S. The fourth-order valence-electron chi connectivity index (χ4n) is 1.64. The highest BCUT2D eigenvalue weighted by molar-refractivity contribution is 7.99. The molecule has 0 radical (unpaired) electrons. The molecule has 1 heterocycles. The lowest BCUT2D eigenvalue weighted by atomic mass is 10.2. The van der Waals surface area contributed by atoms with Crippen molar-refractivity contribution in [2.75, 3.05) is 11.2 Å². The number of benzene rings is 1. The maximum atomic E-state index is 5.39. The van der Waals surface area contributed by atoms with E-state index in [1.165, 1.54) is 4.90 Å². The van der Waals surface area contributed by atoms with Gasteiger partial charge in [0, 0.05) is 22.2 Å². The van der Waals surface area contributed by atoms with Gasteiger partial charge in [-0.05, 0) is 24.8 Å². The Bertz CT molecular complexity index is 525. The fourth-order valence-corrected chi connectivity index (χ4v) is 2.30. The second-order valence-electron chi connectivity index (χ2n) is 3.82. The van der Waals surface area contributed by atoms with E-state index in [4.69, 9.17) is 5.84 Å². The molecule has 2 aromatic rings. The molecule has 3 N–H and O–H groups in total. The molecule has 18 heavy (non-hydrogen) atoms. The van der Waals surface area contributed by atoms with Crippen LogP contribution in [-0.2, 0) is 0 Å². The van der Waals surface area contributed by atoms with E-state index in [1.807, 2.05) is 36.9 Å². The van der Waals surface area contributed by atoms with Gasteiger partial charge in [-0.3, -0.25) is 0 Å². The quantitative estimate of drug-likeness (QED) is 0.503. The molecule has 0 aliphatic rings. The highest BCUT2D eigenvalue weighted by Gasteiger charge is 2.04. The molecular weight excluding hydrogens is 244 g/mol. The van der Waals surface area contributed by atoms with E-state index in [9.17, 15) is 0 Å². The van der Waals surface area contributed by atoms with Crippen molar-refractivity contribution in [2.24, 2.45) is 5.84 Å². The summed E-state index contributed by atoms with van der Waals surface area (Å²) in [4.78, 5) is 10.0. The summed E-state index contributed by atoms with van der Waals surface area (Å²) in [7, 11) is 0. The van der Waals surface area contributed by atoms with E-state index < -0.39 is 0 Å². The van der Waals surface area contributed by atoms with E-state index in [0.717, 1.165) is 17.0 Å². The number of hydrogen-bond donors (Lipinski definition) is 2. The molecule has 0 amide bonds. The summed E-state index contributed by atoms with van der Waals surface area (Å²) >= 11 is 1.82. The Morgan fingerprint density at radius 1 is 1.22 bits per heavy atom. The maximum absolute atomic E-state index is 5.39. The van der Waals surface area contributed by atoms with E-state index in [0.29, 0.717) is 11.6 Å². The number of nitrogens with two attached hydrogens (primary N) is 1. The molecule has 5 heteroatoms. The van der Waals surface area contributed by atoms with Crippen molar-refractivity contribution in [3.63, 3.8) is 0 Å². The lowest BCUT2D eigenvalue weighted by Gasteiger charge is -2.06. The summed E-state index contributed by atoms with van der Waals surface area (Å²) in [5, 5.41) is 0. The van der Waals surface area contributed by atoms with Crippen molar-refractivity contribution in [2.45, 2.75) is 18.7 Å². The number of nitrogen functional groups attached to an aromatic ring is 1. The van der Waals surface area contributed by atoms with Crippen LogP contribution in [0.5, 0.6) is 0 Å². The molecule has 0 aliphatic carbocycles. The number of aryl methyl sites for hydroxylation is 1. The monoisotopic (exact) mass is 260 g/mol. The number of thioether (sulfide) groups is 1. The van der Waals surface area contributed by atoms with Gasteiger partial charge >= 0.3 is 0 Å². The number of nitrogens with zero attached hydrogens (tertiary/aromatic N) is 2. The highest BCUT2D eigenvalue weighted by Crippen LogP contribution is 2.22. The third kappa shape index (κ3) is 3.00. The molecule has 0 spiro atoms. The van der Waals surface area contributed by atoms with Crippen LogP contribution in [0.1, 0.15) is 12.6 Å². The van der Waals surface area contributed by atoms with Gasteiger partial charge in [-0.25, -0.2) is 15.8 Å². The van der Waals surface area contributed by atoms with Crippen molar-refractivity contribution in [3.05, 3.63) is 36.0 Å². The predicted octanol–water partition coefficient (Wildman–Crippen LogP) is 2.85. The zero-order valence-corrected chi connectivity index (χ0v) is 11.3. The normalized spacial score (nSPS) is 10.4. The minimum Gasteiger partial charge on any atom is -0.308 e. The average molecular weight is 260 g/mol. The summed E-state index contributed by atoms with van der Waals surface area (Å²) in [5.74, 6) is 7.78. The largest absolute Gasteiger partial charge is 0.308 e. The van der Waals surface area contributed by atoms with Gasteiger partial charge in [0.25, 0.3) is 0 Å². The molecule has 0 saturated carbocycles. The maximum Gasteiger partial charge on any atom is 0.161 e. The Balaban J connectivity index is 2.33. The lowest BCUT2D eigenvalue weighted by Crippen LogP contribution is -2.09. The summed E-state index contributed by atoms with van der Waals surface area (Å²) in [6.07, 6.45) is 0. The molecule has 0 unspecified atom stereocenters. The lowest BCUT2D eigenvalue weighted by molar-refractivity contribution is 1.09. The first-order valence-electron chi connectivity index (χ1n) is 5.78. The number of anilines is 1. The first-order valence-corrected chi connectivity index (χ1v) is 6.77. The van der Waals surface area contributed by atoms with Crippen LogP contribution < -0.4 is 11.3 Å². The minimum atomic E-state index is 0.629. The van der Waals surface area contributed by atoms with Crippen molar-refractivity contribution in [1.82, 2.24) is 9.97 Å². The number of hydrazine groups is 1. The van der Waals surface area contributed by atoms with E-state index in [-0.39, 0.29) is 0 Å². The topological polar surface area (TPSA) is 63.8 Å². The highest BCUT2D eigenvalue weighted by atomic mass is 32.2. The van der Waals surface area contributed by atoms with Crippen LogP contribution in [0.4, 0.5) is 5.82 Å². The van der Waals surface area contributed by atoms with Crippen LogP contribution in [-0.4, -0.2) is 15.7 Å². The van der Waals surface area contributed by atoms with E-state index >= 15 is 0 Å². The van der Waals surface area contributed by atoms with Gasteiger partial charge in [0.2, 0.25) is 0 Å². The third-order valence-electron chi connectivity index (χ3n) is 2.43. The molecule has 0 fully saturated rings. The smallest absolute Gasteiger partial charge is 0.161 e. The Labute approximate surface area is 111 Å². The third-order valence-corrected chi connectivity index (χ3v) is 3.32. The second-order valence-corrected chi connectivity index (χ2v) is 5.16. The van der Waals surface area contributed by atoms with Crippen molar-refractivity contribution in [1.29, 1.82) is 0 Å². The Kier molecular flexibility index (Phi) is 4.17. The molecule has 4 nitrogen and oxygen atoms in total. The van der Waals surface area contributed by atoms with Gasteiger partial charge in [0.1, 0.15) is 5.82 Å². The second kappa shape index (κ2) is 5.84. The first-order chi connectivity index (χ1) is 8.72. The van der Waals surface area contributed by atoms with Crippen molar-refractivity contribution in [3.8, 4) is 11.4 Å². The summed E-state index contributed by atoms with van der Waals surface area (Å²) in [5.41, 5.74) is 4.44. The van der Waals surface area contributed by atoms with Crippen LogP contribution >= 0.6 is 11.8 Å². The zero-order valence-electron chi connectivity index (χ0n) is 10.5. The molecule has 0 atom stereocenters. The number of nitrogens with one attached hydrogen (secondary N) is 1. The standard InChI is InChI=1S/C13H16N4S/c1-3-18-11-6-4-10(5-7-11)13-15-9(2)8-12(16-13)17-14/h4-8H,3,14H2,1-2H3,(H,15,16,17). The molecule has 94 valence electrons.